The smallest absolute Gasteiger partial charge is 0.254 e. The summed E-state index contributed by atoms with van der Waals surface area (Å²) >= 11 is 0. The first-order valence-electron chi connectivity index (χ1n) is 8.38. The Bertz CT molecular complexity index is 844. The Balaban J connectivity index is 1.64. The number of carbonyl (C=O) groups is 1. The summed E-state index contributed by atoms with van der Waals surface area (Å²) in [5.41, 5.74) is 0.589. The van der Waals surface area contributed by atoms with Gasteiger partial charge >= 0.3 is 0 Å². The lowest BCUT2D eigenvalue weighted by molar-refractivity contribution is 0.0521. The van der Waals surface area contributed by atoms with Gasteiger partial charge in [0.15, 0.2) is 5.82 Å². The number of likely N-dealkylation sites (tertiary alicyclic amines) is 1. The van der Waals surface area contributed by atoms with Crippen molar-refractivity contribution in [3.63, 3.8) is 0 Å². The van der Waals surface area contributed by atoms with Crippen LogP contribution in [0.2, 0.25) is 0 Å². The van der Waals surface area contributed by atoms with Crippen LogP contribution in [0.25, 0.3) is 5.82 Å². The van der Waals surface area contributed by atoms with Gasteiger partial charge in [0, 0.05) is 18.3 Å². The third-order valence-electron chi connectivity index (χ3n) is 4.64. The second-order valence-corrected chi connectivity index (χ2v) is 6.40. The summed E-state index contributed by atoms with van der Waals surface area (Å²) in [6.07, 6.45) is 8.18. The van der Waals surface area contributed by atoms with Gasteiger partial charge in [-0.1, -0.05) is 6.92 Å². The van der Waals surface area contributed by atoms with Crippen molar-refractivity contribution in [2.24, 2.45) is 5.92 Å². The fourth-order valence-corrected chi connectivity index (χ4v) is 3.30. The minimum absolute atomic E-state index is 0.0166. The van der Waals surface area contributed by atoms with Crippen LogP contribution in [0.5, 0.6) is 0 Å². The van der Waals surface area contributed by atoms with E-state index in [1.165, 1.54) is 6.33 Å². The molecule has 0 unspecified atom stereocenters. The zero-order valence-electron chi connectivity index (χ0n) is 13.9. The van der Waals surface area contributed by atoms with Gasteiger partial charge in [-0.3, -0.25) is 4.79 Å². The zero-order valence-corrected chi connectivity index (χ0v) is 13.9. The number of nitrogens with zero attached hydrogens (tertiary/aromatic N) is 5. The van der Waals surface area contributed by atoms with Gasteiger partial charge in [-0.25, -0.2) is 14.6 Å². The molecule has 2 atom stereocenters. The van der Waals surface area contributed by atoms with Crippen molar-refractivity contribution >= 4 is 5.91 Å². The molecule has 1 aliphatic rings. The number of furan rings is 1. The van der Waals surface area contributed by atoms with E-state index in [1.807, 2.05) is 17.0 Å². The van der Waals surface area contributed by atoms with E-state index < -0.39 is 0 Å². The second kappa shape index (κ2) is 6.51. The zero-order chi connectivity index (χ0) is 17.2. The molecule has 0 aromatic carbocycles. The van der Waals surface area contributed by atoms with Crippen molar-refractivity contribution in [1.29, 1.82) is 0 Å². The maximum absolute atomic E-state index is 13.1. The number of piperidine rings is 1. The van der Waals surface area contributed by atoms with Crippen molar-refractivity contribution in [1.82, 2.24) is 24.6 Å². The quantitative estimate of drug-likeness (QED) is 0.734. The molecule has 0 spiro atoms. The topological polar surface area (TPSA) is 77.1 Å². The van der Waals surface area contributed by atoms with E-state index in [0.717, 1.165) is 18.6 Å². The van der Waals surface area contributed by atoms with Crippen LogP contribution in [-0.2, 0) is 0 Å². The maximum Gasteiger partial charge on any atom is 0.254 e. The molecule has 1 saturated heterocycles. The molecule has 3 aromatic rings. The van der Waals surface area contributed by atoms with Gasteiger partial charge < -0.3 is 9.32 Å². The average molecular weight is 337 g/mol. The second-order valence-electron chi connectivity index (χ2n) is 6.40. The van der Waals surface area contributed by atoms with Crippen LogP contribution in [-0.4, -0.2) is 37.1 Å². The van der Waals surface area contributed by atoms with E-state index in [4.69, 9.17) is 4.42 Å². The van der Waals surface area contributed by atoms with E-state index >= 15 is 0 Å². The summed E-state index contributed by atoms with van der Waals surface area (Å²) in [7, 11) is 0. The molecular formula is C18H19N5O2. The lowest BCUT2D eigenvalue weighted by atomic mass is 9.90. The molecule has 4 heterocycles. The summed E-state index contributed by atoms with van der Waals surface area (Å²) < 4.78 is 7.13. The normalized spacial score (nSPS) is 20.6. The first-order chi connectivity index (χ1) is 12.2. The number of amides is 1. The number of aromatic nitrogens is 4. The predicted molar refractivity (Wildman–Crippen MR) is 90.0 cm³/mol. The Kier molecular flexibility index (Phi) is 4.05. The van der Waals surface area contributed by atoms with Crippen molar-refractivity contribution in [3.8, 4) is 5.82 Å². The molecular weight excluding hydrogens is 318 g/mol. The van der Waals surface area contributed by atoms with Crippen molar-refractivity contribution in [3.05, 3.63) is 60.7 Å². The number of hydrogen-bond acceptors (Lipinski definition) is 5. The van der Waals surface area contributed by atoms with Crippen LogP contribution in [0.15, 0.2) is 53.8 Å². The van der Waals surface area contributed by atoms with Crippen LogP contribution < -0.4 is 0 Å². The summed E-state index contributed by atoms with van der Waals surface area (Å²) in [6.45, 7) is 2.93. The lowest BCUT2D eigenvalue weighted by Crippen LogP contribution is -2.40. The molecule has 1 fully saturated rings. The molecule has 7 nitrogen and oxygen atoms in total. The molecule has 0 aliphatic carbocycles. The van der Waals surface area contributed by atoms with Gasteiger partial charge in [0.1, 0.15) is 18.4 Å². The van der Waals surface area contributed by atoms with Crippen LogP contribution in [0.1, 0.15) is 41.9 Å². The molecule has 1 aliphatic heterocycles. The van der Waals surface area contributed by atoms with Gasteiger partial charge in [-0.2, -0.15) is 5.10 Å². The highest BCUT2D eigenvalue weighted by atomic mass is 16.3. The molecule has 3 aromatic heterocycles. The summed E-state index contributed by atoms with van der Waals surface area (Å²) in [5.74, 6) is 1.95. The molecule has 1 amide bonds. The van der Waals surface area contributed by atoms with E-state index in [2.05, 4.69) is 22.0 Å². The Hall–Kier alpha value is -2.96. The van der Waals surface area contributed by atoms with E-state index in [1.54, 1.807) is 35.6 Å². The van der Waals surface area contributed by atoms with Crippen LogP contribution in [0.3, 0.4) is 0 Å². The highest BCUT2D eigenvalue weighted by molar-refractivity contribution is 5.94. The lowest BCUT2D eigenvalue weighted by Gasteiger charge is -2.37. The summed E-state index contributed by atoms with van der Waals surface area (Å²) in [6, 6.07) is 7.26. The number of pyridine rings is 1. The first kappa shape index (κ1) is 15.6. The molecule has 128 valence electrons. The predicted octanol–water partition coefficient (Wildman–Crippen LogP) is 2.87. The van der Waals surface area contributed by atoms with Crippen LogP contribution >= 0.6 is 0 Å². The van der Waals surface area contributed by atoms with Crippen LogP contribution in [0.4, 0.5) is 0 Å². The van der Waals surface area contributed by atoms with Crippen LogP contribution in [0, 0.1) is 5.92 Å². The number of hydrogen-bond donors (Lipinski definition) is 0. The van der Waals surface area contributed by atoms with Gasteiger partial charge in [-0.15, -0.1) is 0 Å². The third-order valence-corrected chi connectivity index (χ3v) is 4.64. The number of carbonyl (C=O) groups excluding carboxylic acids is 1. The molecule has 7 heteroatoms. The van der Waals surface area contributed by atoms with Gasteiger partial charge in [0.05, 0.1) is 12.3 Å². The Morgan fingerprint density at radius 2 is 2.28 bits per heavy atom. The standard InChI is InChI=1S/C18H19N5O2/c1-13-5-7-22(15(9-13)16-3-2-8-25-16)18(24)14-4-6-20-17(10-14)23-12-19-11-21-23/h2-4,6,8,10-13,15H,5,7,9H2,1H3/t13-,15+/m0/s1. The van der Waals surface area contributed by atoms with Crippen molar-refractivity contribution in [2.75, 3.05) is 6.54 Å². The molecule has 0 saturated carbocycles. The first-order valence-corrected chi connectivity index (χ1v) is 8.38. The minimum atomic E-state index is -0.0331. The average Bonchev–Trinajstić information content (AvgIpc) is 3.35. The molecule has 0 bridgehead atoms. The van der Waals surface area contributed by atoms with E-state index in [9.17, 15) is 4.79 Å². The van der Waals surface area contributed by atoms with Crippen molar-refractivity contribution < 1.29 is 9.21 Å². The van der Waals surface area contributed by atoms with Gasteiger partial charge in [0.25, 0.3) is 5.91 Å². The minimum Gasteiger partial charge on any atom is -0.467 e. The fraction of sp³-hybridized carbons (Fsp3) is 0.333. The van der Waals surface area contributed by atoms with Gasteiger partial charge in [-0.05, 0) is 43.0 Å². The highest BCUT2D eigenvalue weighted by Crippen LogP contribution is 2.35. The Labute approximate surface area is 145 Å². The summed E-state index contributed by atoms with van der Waals surface area (Å²) in [5, 5.41) is 4.07. The molecule has 25 heavy (non-hydrogen) atoms. The van der Waals surface area contributed by atoms with E-state index in [0.29, 0.717) is 23.8 Å². The largest absolute Gasteiger partial charge is 0.467 e. The Morgan fingerprint density at radius 1 is 1.36 bits per heavy atom. The van der Waals surface area contributed by atoms with Crippen molar-refractivity contribution in [2.45, 2.75) is 25.8 Å². The molecule has 0 radical (unpaired) electrons. The third kappa shape index (κ3) is 3.05. The maximum atomic E-state index is 13.1. The SMILES string of the molecule is C[C@H]1CCN(C(=O)c2ccnc(-n3cncn3)c2)[C@@H](c2ccco2)C1. The van der Waals surface area contributed by atoms with E-state index in [-0.39, 0.29) is 11.9 Å². The fourth-order valence-electron chi connectivity index (χ4n) is 3.30. The molecule has 0 N–H and O–H groups in total. The molecule has 4 rings (SSSR count). The highest BCUT2D eigenvalue weighted by Gasteiger charge is 2.33. The summed E-state index contributed by atoms with van der Waals surface area (Å²) in [4.78, 5) is 23.2. The number of rotatable bonds is 3. The Morgan fingerprint density at radius 3 is 3.04 bits per heavy atom. The monoisotopic (exact) mass is 337 g/mol. The van der Waals surface area contributed by atoms with Gasteiger partial charge in [0.2, 0.25) is 0 Å².